The quantitative estimate of drug-likeness (QED) is 0.863. The standard InChI is InChI=1S/C16H15FN4OS/c1-9(2)7-13-20-21-14(18)12(15(22)19-16(21)23-13)8-10-3-5-11(17)6-4-10/h3-6,8-9,18H,7H2,1-2H3/b12-8-,18-14?. The van der Waals surface area contributed by atoms with Crippen LogP contribution < -0.4 is 0 Å². The molecule has 0 atom stereocenters. The molecular formula is C16H15FN4OS. The maximum absolute atomic E-state index is 13.0. The van der Waals surface area contributed by atoms with Gasteiger partial charge in [0.25, 0.3) is 5.91 Å². The van der Waals surface area contributed by atoms with Gasteiger partial charge in [-0.3, -0.25) is 10.2 Å². The van der Waals surface area contributed by atoms with E-state index in [-0.39, 0.29) is 17.2 Å². The number of amides is 1. The van der Waals surface area contributed by atoms with Crippen molar-refractivity contribution in [2.45, 2.75) is 20.3 Å². The molecule has 0 spiro atoms. The van der Waals surface area contributed by atoms with Gasteiger partial charge in [0.2, 0.25) is 5.17 Å². The van der Waals surface area contributed by atoms with Crippen molar-refractivity contribution < 1.29 is 9.18 Å². The average Bonchev–Trinajstić information content (AvgIpc) is 2.87. The Balaban J connectivity index is 1.91. The van der Waals surface area contributed by atoms with Crippen molar-refractivity contribution in [1.82, 2.24) is 5.01 Å². The fourth-order valence-corrected chi connectivity index (χ4v) is 3.29. The van der Waals surface area contributed by atoms with Gasteiger partial charge >= 0.3 is 0 Å². The first-order valence-corrected chi connectivity index (χ1v) is 8.00. The lowest BCUT2D eigenvalue weighted by atomic mass is 10.1. The summed E-state index contributed by atoms with van der Waals surface area (Å²) in [6, 6.07) is 5.72. The van der Waals surface area contributed by atoms with E-state index >= 15 is 0 Å². The summed E-state index contributed by atoms with van der Waals surface area (Å²) in [6.45, 7) is 4.16. The molecule has 118 valence electrons. The maximum Gasteiger partial charge on any atom is 0.283 e. The summed E-state index contributed by atoms with van der Waals surface area (Å²) in [6.07, 6.45) is 2.31. The van der Waals surface area contributed by atoms with Gasteiger partial charge in [-0.15, -0.1) is 0 Å². The zero-order chi connectivity index (χ0) is 16.6. The number of hydrogen-bond acceptors (Lipinski definition) is 4. The van der Waals surface area contributed by atoms with Crippen molar-refractivity contribution in [3.05, 3.63) is 41.2 Å². The van der Waals surface area contributed by atoms with Crippen molar-refractivity contribution in [3.63, 3.8) is 0 Å². The molecule has 0 saturated heterocycles. The van der Waals surface area contributed by atoms with Crippen LogP contribution >= 0.6 is 11.8 Å². The Hall–Kier alpha value is -2.28. The minimum absolute atomic E-state index is 0.00409. The number of fused-ring (bicyclic) bond motifs is 1. The molecule has 1 N–H and O–H groups in total. The SMILES string of the molecule is CC(C)CC1=NN2C(=N)/C(=C/c3ccc(F)cc3)C(=O)N=C2S1. The number of rotatable bonds is 3. The monoisotopic (exact) mass is 330 g/mol. The highest BCUT2D eigenvalue weighted by atomic mass is 32.2. The molecule has 0 radical (unpaired) electrons. The summed E-state index contributed by atoms with van der Waals surface area (Å²) in [5.74, 6) is -0.395. The van der Waals surface area contributed by atoms with Crippen LogP contribution in [0.25, 0.3) is 6.08 Å². The number of thioether (sulfide) groups is 1. The van der Waals surface area contributed by atoms with E-state index in [1.165, 1.54) is 35.0 Å². The number of nitrogens with zero attached hydrogens (tertiary/aromatic N) is 3. The second-order valence-electron chi connectivity index (χ2n) is 5.66. The van der Waals surface area contributed by atoms with E-state index in [0.29, 0.717) is 16.6 Å². The van der Waals surface area contributed by atoms with Crippen LogP contribution in [-0.4, -0.2) is 27.0 Å². The Labute approximate surface area is 137 Å². The molecule has 2 aliphatic heterocycles. The van der Waals surface area contributed by atoms with Crippen molar-refractivity contribution in [2.24, 2.45) is 16.0 Å². The molecule has 0 aliphatic carbocycles. The predicted octanol–water partition coefficient (Wildman–Crippen LogP) is 3.49. The minimum Gasteiger partial charge on any atom is -0.282 e. The van der Waals surface area contributed by atoms with Crippen LogP contribution in [0.4, 0.5) is 4.39 Å². The van der Waals surface area contributed by atoms with E-state index in [2.05, 4.69) is 23.9 Å². The lowest BCUT2D eigenvalue weighted by Gasteiger charge is -2.20. The molecule has 1 amide bonds. The molecule has 3 rings (SSSR count). The number of benzene rings is 1. The van der Waals surface area contributed by atoms with Crippen LogP contribution in [-0.2, 0) is 4.79 Å². The van der Waals surface area contributed by atoms with E-state index in [1.807, 2.05) is 0 Å². The lowest BCUT2D eigenvalue weighted by Crippen LogP contribution is -2.35. The van der Waals surface area contributed by atoms with Crippen LogP contribution in [0, 0.1) is 17.1 Å². The van der Waals surface area contributed by atoms with E-state index in [1.54, 1.807) is 12.1 Å². The summed E-state index contributed by atoms with van der Waals surface area (Å²) in [5, 5.41) is 15.3. The van der Waals surface area contributed by atoms with Gasteiger partial charge in [0.15, 0.2) is 5.84 Å². The number of carbonyl (C=O) groups excluding carboxylic acids is 1. The summed E-state index contributed by atoms with van der Waals surface area (Å²) in [5.41, 5.74) is 0.784. The molecular weight excluding hydrogens is 315 g/mol. The number of nitrogens with one attached hydrogen (secondary N) is 1. The Kier molecular flexibility index (Phi) is 4.12. The smallest absolute Gasteiger partial charge is 0.282 e. The normalized spacial score (nSPS) is 19.3. The highest BCUT2D eigenvalue weighted by Gasteiger charge is 2.35. The number of halogens is 1. The molecule has 7 heteroatoms. The van der Waals surface area contributed by atoms with Crippen LogP contribution in [0.3, 0.4) is 0 Å². The molecule has 0 saturated carbocycles. The molecule has 2 heterocycles. The molecule has 1 aromatic rings. The van der Waals surface area contributed by atoms with Gasteiger partial charge in [-0.05, 0) is 41.5 Å². The van der Waals surface area contributed by atoms with E-state index < -0.39 is 5.91 Å². The topological polar surface area (TPSA) is 68.9 Å². The minimum atomic E-state index is -0.473. The molecule has 0 aromatic heterocycles. The van der Waals surface area contributed by atoms with E-state index in [4.69, 9.17) is 5.41 Å². The summed E-state index contributed by atoms with van der Waals surface area (Å²) < 4.78 is 13.0. The van der Waals surface area contributed by atoms with Crippen LogP contribution in [0.2, 0.25) is 0 Å². The summed E-state index contributed by atoms with van der Waals surface area (Å²) in [4.78, 5) is 16.2. The number of hydrazone groups is 1. The number of carbonyl (C=O) groups is 1. The number of aliphatic imine (C=N–C) groups is 1. The van der Waals surface area contributed by atoms with Gasteiger partial charge in [0.1, 0.15) is 10.9 Å². The summed E-state index contributed by atoms with van der Waals surface area (Å²) >= 11 is 1.33. The Morgan fingerprint density at radius 1 is 1.35 bits per heavy atom. The van der Waals surface area contributed by atoms with Crippen molar-refractivity contribution in [2.75, 3.05) is 0 Å². The fraction of sp³-hybridized carbons (Fsp3) is 0.250. The predicted molar refractivity (Wildman–Crippen MR) is 90.9 cm³/mol. The zero-order valence-electron chi connectivity index (χ0n) is 12.7. The molecule has 1 aromatic carbocycles. The third kappa shape index (κ3) is 3.24. The molecule has 5 nitrogen and oxygen atoms in total. The molecule has 0 unspecified atom stereocenters. The van der Waals surface area contributed by atoms with Gasteiger partial charge < -0.3 is 0 Å². The average molecular weight is 330 g/mol. The lowest BCUT2D eigenvalue weighted by molar-refractivity contribution is -0.114. The van der Waals surface area contributed by atoms with Gasteiger partial charge in [-0.2, -0.15) is 15.1 Å². The van der Waals surface area contributed by atoms with Gasteiger partial charge in [-0.25, -0.2) is 4.39 Å². The van der Waals surface area contributed by atoms with Crippen LogP contribution in [0.15, 0.2) is 39.9 Å². The third-order valence-corrected chi connectivity index (χ3v) is 4.19. The van der Waals surface area contributed by atoms with Crippen LogP contribution in [0.1, 0.15) is 25.8 Å². The molecule has 0 bridgehead atoms. The van der Waals surface area contributed by atoms with E-state index in [0.717, 1.165) is 11.5 Å². The highest BCUT2D eigenvalue weighted by Crippen LogP contribution is 2.30. The Morgan fingerprint density at radius 3 is 2.70 bits per heavy atom. The Bertz CT molecular complexity index is 765. The van der Waals surface area contributed by atoms with E-state index in [9.17, 15) is 9.18 Å². The number of hydrogen-bond donors (Lipinski definition) is 1. The first kappa shape index (κ1) is 15.6. The van der Waals surface area contributed by atoms with Crippen LogP contribution in [0.5, 0.6) is 0 Å². The third-order valence-electron chi connectivity index (χ3n) is 3.26. The molecule has 2 aliphatic rings. The number of amidine groups is 2. The Morgan fingerprint density at radius 2 is 2.04 bits per heavy atom. The fourth-order valence-electron chi connectivity index (χ4n) is 2.19. The second kappa shape index (κ2) is 6.08. The largest absolute Gasteiger partial charge is 0.283 e. The van der Waals surface area contributed by atoms with Crippen molar-refractivity contribution in [3.8, 4) is 0 Å². The summed E-state index contributed by atoms with van der Waals surface area (Å²) in [7, 11) is 0. The van der Waals surface area contributed by atoms with Gasteiger partial charge in [-0.1, -0.05) is 26.0 Å². The van der Waals surface area contributed by atoms with Crippen molar-refractivity contribution in [1.29, 1.82) is 5.41 Å². The zero-order valence-corrected chi connectivity index (χ0v) is 13.5. The maximum atomic E-state index is 13.0. The second-order valence-corrected chi connectivity index (χ2v) is 6.70. The molecule has 23 heavy (non-hydrogen) atoms. The molecule has 0 fully saturated rings. The first-order valence-electron chi connectivity index (χ1n) is 7.18. The highest BCUT2D eigenvalue weighted by molar-refractivity contribution is 8.26. The van der Waals surface area contributed by atoms with Crippen molar-refractivity contribution >= 4 is 39.8 Å². The van der Waals surface area contributed by atoms with Gasteiger partial charge in [0.05, 0.1) is 5.57 Å². The first-order chi connectivity index (χ1) is 10.9. The van der Waals surface area contributed by atoms with Gasteiger partial charge in [0, 0.05) is 6.42 Å².